The van der Waals surface area contributed by atoms with Gasteiger partial charge in [0.2, 0.25) is 5.43 Å². The van der Waals surface area contributed by atoms with Gasteiger partial charge >= 0.3 is 0 Å². The molecule has 0 atom stereocenters. The van der Waals surface area contributed by atoms with E-state index in [1.165, 1.54) is 4.90 Å². The Labute approximate surface area is 183 Å². The summed E-state index contributed by atoms with van der Waals surface area (Å²) < 4.78 is 33.6. The molecule has 32 heavy (non-hydrogen) atoms. The first-order chi connectivity index (χ1) is 15.5. The molecule has 0 saturated heterocycles. The molecule has 1 amide bonds. The van der Waals surface area contributed by atoms with Crippen LogP contribution in [0.25, 0.3) is 21.2 Å². The van der Waals surface area contributed by atoms with Crippen molar-refractivity contribution in [2.24, 2.45) is 0 Å². The Morgan fingerprint density at radius 2 is 1.91 bits per heavy atom. The molecule has 0 spiro atoms. The number of carbonyl (C=O) groups is 1. The minimum Gasteiger partial charge on any atom is -0.463 e. The van der Waals surface area contributed by atoms with Crippen LogP contribution in [0.2, 0.25) is 0 Å². The van der Waals surface area contributed by atoms with Crippen LogP contribution in [0.3, 0.4) is 0 Å². The maximum atomic E-state index is 14.2. The van der Waals surface area contributed by atoms with Gasteiger partial charge in [-0.2, -0.15) is 0 Å². The summed E-state index contributed by atoms with van der Waals surface area (Å²) in [6.07, 6.45) is 2.67. The van der Waals surface area contributed by atoms with Crippen LogP contribution >= 0.6 is 11.3 Å². The first-order valence-electron chi connectivity index (χ1n) is 9.49. The summed E-state index contributed by atoms with van der Waals surface area (Å²) in [6.45, 7) is -0.0319. The number of amides is 1. The molecule has 158 valence electrons. The number of thiazole rings is 1. The third-order valence-corrected chi connectivity index (χ3v) is 5.86. The largest absolute Gasteiger partial charge is 0.463 e. The van der Waals surface area contributed by atoms with Crippen LogP contribution in [-0.2, 0) is 6.54 Å². The summed E-state index contributed by atoms with van der Waals surface area (Å²) in [5, 5.41) is 0.362. The van der Waals surface area contributed by atoms with Crippen LogP contribution in [-0.4, -0.2) is 15.9 Å². The zero-order chi connectivity index (χ0) is 22.2. The highest BCUT2D eigenvalue weighted by molar-refractivity contribution is 7.22. The predicted octanol–water partition coefficient (Wildman–Crippen LogP) is 4.92. The van der Waals surface area contributed by atoms with Gasteiger partial charge in [0.05, 0.1) is 22.3 Å². The number of rotatable bonds is 4. The maximum absolute atomic E-state index is 14.2. The van der Waals surface area contributed by atoms with E-state index in [0.717, 1.165) is 29.7 Å². The lowest BCUT2D eigenvalue weighted by molar-refractivity contribution is 0.0982. The second-order valence-corrected chi connectivity index (χ2v) is 7.93. The fourth-order valence-corrected chi connectivity index (χ4v) is 4.31. The summed E-state index contributed by atoms with van der Waals surface area (Å²) in [4.78, 5) is 36.1. The number of aromatic nitrogens is 2. The molecule has 6 nitrogen and oxygen atoms in total. The molecule has 0 saturated carbocycles. The van der Waals surface area contributed by atoms with E-state index >= 15 is 0 Å². The van der Waals surface area contributed by atoms with Gasteiger partial charge in [0, 0.05) is 12.3 Å². The Morgan fingerprint density at radius 1 is 1.09 bits per heavy atom. The Balaban J connectivity index is 1.65. The molecule has 0 aliphatic heterocycles. The topological polar surface area (TPSA) is 76.3 Å². The lowest BCUT2D eigenvalue weighted by Crippen LogP contribution is -2.34. The van der Waals surface area contributed by atoms with Gasteiger partial charge in [-0.25, -0.2) is 13.8 Å². The van der Waals surface area contributed by atoms with Crippen LogP contribution in [0, 0.1) is 11.6 Å². The number of halogens is 2. The molecule has 0 bridgehead atoms. The smallest absolute Gasteiger partial charge is 0.267 e. The summed E-state index contributed by atoms with van der Waals surface area (Å²) in [5.41, 5.74) is 0.113. The highest BCUT2D eigenvalue weighted by Gasteiger charge is 2.26. The van der Waals surface area contributed by atoms with Gasteiger partial charge in [-0.1, -0.05) is 29.5 Å². The van der Waals surface area contributed by atoms with Crippen LogP contribution in [0.1, 0.15) is 16.1 Å². The monoisotopic (exact) mass is 449 g/mol. The lowest BCUT2D eigenvalue weighted by atomic mass is 10.1. The van der Waals surface area contributed by atoms with Gasteiger partial charge in [-0.15, -0.1) is 0 Å². The van der Waals surface area contributed by atoms with Crippen molar-refractivity contribution in [3.05, 3.63) is 100 Å². The lowest BCUT2D eigenvalue weighted by Gasteiger charge is -2.19. The number of fused-ring (bicyclic) bond motifs is 2. The van der Waals surface area contributed by atoms with Crippen molar-refractivity contribution < 1.29 is 18.0 Å². The molecule has 0 aliphatic rings. The number of anilines is 1. The molecule has 5 rings (SSSR count). The summed E-state index contributed by atoms with van der Waals surface area (Å²) in [6, 6.07) is 13.6. The quantitative estimate of drug-likeness (QED) is 0.389. The van der Waals surface area contributed by atoms with Crippen LogP contribution in [0.15, 0.2) is 76.3 Å². The summed E-state index contributed by atoms with van der Waals surface area (Å²) in [7, 11) is 0. The molecule has 3 heterocycles. The molecule has 9 heteroatoms. The average molecular weight is 449 g/mol. The number of hydrogen-bond donors (Lipinski definition) is 0. The molecule has 3 aromatic heterocycles. The van der Waals surface area contributed by atoms with Crippen LogP contribution in [0.5, 0.6) is 0 Å². The van der Waals surface area contributed by atoms with E-state index in [-0.39, 0.29) is 32.8 Å². The highest BCUT2D eigenvalue weighted by Crippen LogP contribution is 2.32. The first kappa shape index (κ1) is 20.0. The molecule has 0 unspecified atom stereocenters. The number of nitrogens with zero attached hydrogens (tertiary/aromatic N) is 3. The molecule has 0 radical (unpaired) electrons. The van der Waals surface area contributed by atoms with Gasteiger partial charge < -0.3 is 4.42 Å². The van der Waals surface area contributed by atoms with E-state index in [1.807, 2.05) is 0 Å². The van der Waals surface area contributed by atoms with Crippen molar-refractivity contribution in [1.82, 2.24) is 9.97 Å². The SMILES string of the molecule is O=C(c1coc2ccccc2c1=O)N(Cc1ccccn1)c1nc2c(F)cc(F)cc2s1. The average Bonchev–Trinajstić information content (AvgIpc) is 3.22. The summed E-state index contributed by atoms with van der Waals surface area (Å²) in [5.74, 6) is -2.27. The standard InChI is InChI=1S/C23H13F2N3O3S/c24-13-9-17(25)20-19(10-13)32-23(27-20)28(11-14-5-3-4-8-26-14)22(30)16-12-31-18-7-2-1-6-15(18)21(16)29/h1-10,12H,11H2. The number of benzene rings is 2. The van der Waals surface area contributed by atoms with Crippen molar-refractivity contribution >= 4 is 43.6 Å². The third-order valence-electron chi connectivity index (χ3n) is 4.83. The van der Waals surface area contributed by atoms with Crippen molar-refractivity contribution in [3.8, 4) is 0 Å². The maximum Gasteiger partial charge on any atom is 0.267 e. The van der Waals surface area contributed by atoms with E-state index in [9.17, 15) is 18.4 Å². The summed E-state index contributed by atoms with van der Waals surface area (Å²) >= 11 is 0.939. The second-order valence-electron chi connectivity index (χ2n) is 6.92. The number of hydrogen-bond acceptors (Lipinski definition) is 6. The van der Waals surface area contributed by atoms with Gasteiger partial charge in [0.1, 0.15) is 28.7 Å². The highest BCUT2D eigenvalue weighted by atomic mass is 32.1. The molecular weight excluding hydrogens is 436 g/mol. The minimum absolute atomic E-state index is 0.0319. The Morgan fingerprint density at radius 3 is 2.72 bits per heavy atom. The van der Waals surface area contributed by atoms with Gasteiger partial charge in [0.25, 0.3) is 5.91 Å². The van der Waals surface area contributed by atoms with E-state index in [1.54, 1.807) is 48.7 Å². The van der Waals surface area contributed by atoms with Crippen LogP contribution < -0.4 is 10.3 Å². The molecule has 0 aliphatic carbocycles. The molecule has 5 aromatic rings. The number of pyridine rings is 1. The Bertz CT molecular complexity index is 1530. The van der Waals surface area contributed by atoms with Gasteiger partial charge in [-0.05, 0) is 30.3 Å². The van der Waals surface area contributed by atoms with Gasteiger partial charge in [0.15, 0.2) is 10.9 Å². The molecule has 0 fully saturated rings. The minimum atomic E-state index is -0.835. The van der Waals surface area contributed by atoms with Crippen molar-refractivity contribution in [1.29, 1.82) is 0 Å². The zero-order valence-corrected chi connectivity index (χ0v) is 17.1. The molecule has 2 aromatic carbocycles. The van der Waals surface area contributed by atoms with Crippen LogP contribution in [0.4, 0.5) is 13.9 Å². The Hall–Kier alpha value is -3.98. The van der Waals surface area contributed by atoms with Crippen molar-refractivity contribution in [2.75, 3.05) is 4.90 Å². The second kappa shape index (κ2) is 7.93. The van der Waals surface area contributed by atoms with E-state index in [2.05, 4.69) is 9.97 Å². The Kier molecular flexibility index (Phi) is 4.95. The van der Waals surface area contributed by atoms with E-state index in [4.69, 9.17) is 4.42 Å². The zero-order valence-electron chi connectivity index (χ0n) is 16.3. The normalized spacial score (nSPS) is 11.2. The molecule has 0 N–H and O–H groups in total. The van der Waals surface area contributed by atoms with Crippen molar-refractivity contribution in [3.63, 3.8) is 0 Å². The fraction of sp³-hybridized carbons (Fsp3) is 0.0435. The van der Waals surface area contributed by atoms with Crippen molar-refractivity contribution in [2.45, 2.75) is 6.54 Å². The number of carbonyl (C=O) groups excluding carboxylic acids is 1. The predicted molar refractivity (Wildman–Crippen MR) is 117 cm³/mol. The fourth-order valence-electron chi connectivity index (χ4n) is 3.31. The third kappa shape index (κ3) is 3.52. The number of para-hydroxylation sites is 1. The molecular formula is C23H13F2N3O3S. The van der Waals surface area contributed by atoms with E-state index < -0.39 is 23.0 Å². The van der Waals surface area contributed by atoms with E-state index in [0.29, 0.717) is 11.3 Å². The van der Waals surface area contributed by atoms with Gasteiger partial charge in [-0.3, -0.25) is 19.5 Å². The first-order valence-corrected chi connectivity index (χ1v) is 10.3.